The molecule has 1 aliphatic rings. The zero-order valence-electron chi connectivity index (χ0n) is 12.2. The van der Waals surface area contributed by atoms with Gasteiger partial charge in [0.1, 0.15) is 5.69 Å². The lowest BCUT2D eigenvalue weighted by atomic mass is 9.98. The summed E-state index contributed by atoms with van der Waals surface area (Å²) in [6.07, 6.45) is 1.56. The van der Waals surface area contributed by atoms with Gasteiger partial charge < -0.3 is 19.6 Å². The monoisotopic (exact) mass is 311 g/mol. The third-order valence-electron chi connectivity index (χ3n) is 3.89. The second kappa shape index (κ2) is 4.91. The first-order chi connectivity index (χ1) is 11.2. The fraction of sp³-hybridized carbons (Fsp3) is 0.125. The van der Waals surface area contributed by atoms with E-state index in [2.05, 4.69) is 15.5 Å². The lowest BCUT2D eigenvalue weighted by Gasteiger charge is -2.14. The van der Waals surface area contributed by atoms with Crippen molar-refractivity contribution in [1.29, 1.82) is 0 Å². The number of phenols is 1. The fourth-order valence-corrected chi connectivity index (χ4v) is 2.81. The van der Waals surface area contributed by atoms with Crippen LogP contribution in [0.25, 0.3) is 11.5 Å². The molecule has 0 aliphatic carbocycles. The van der Waals surface area contributed by atoms with Crippen molar-refractivity contribution < 1.29 is 19.1 Å². The van der Waals surface area contributed by atoms with Crippen LogP contribution in [0, 0.1) is 0 Å². The standard InChI is InChI=1S/C16H13N3O4/c1-22-11-7-8(4-5-9(11)20)13-12-14(10-3-2-6-23-10)18-19-15(12)16(21)17-13/h2-7,13,20H,1H3,(H,17,21)(H,18,19)/t13-/m1/s1. The van der Waals surface area contributed by atoms with Crippen LogP contribution in [0.1, 0.15) is 27.7 Å². The maximum absolute atomic E-state index is 12.1. The van der Waals surface area contributed by atoms with E-state index in [-0.39, 0.29) is 11.7 Å². The number of hydrogen-bond donors (Lipinski definition) is 3. The van der Waals surface area contributed by atoms with Gasteiger partial charge in [-0.2, -0.15) is 5.10 Å². The van der Waals surface area contributed by atoms with Crippen molar-refractivity contribution in [2.75, 3.05) is 7.11 Å². The molecule has 0 spiro atoms. The SMILES string of the molecule is COc1cc([C@H]2NC(=O)c3n[nH]c(-c4ccco4)c32)ccc1O. The lowest BCUT2D eigenvalue weighted by molar-refractivity contribution is 0.0955. The lowest BCUT2D eigenvalue weighted by Crippen LogP contribution is -2.21. The van der Waals surface area contributed by atoms with E-state index in [1.165, 1.54) is 13.2 Å². The number of nitrogens with zero attached hydrogens (tertiary/aromatic N) is 1. The number of phenolic OH excluding ortho intramolecular Hbond substituents is 1. The first kappa shape index (κ1) is 13.4. The number of H-pyrrole nitrogens is 1. The van der Waals surface area contributed by atoms with Crippen molar-refractivity contribution in [1.82, 2.24) is 15.5 Å². The largest absolute Gasteiger partial charge is 0.504 e. The van der Waals surface area contributed by atoms with Crippen molar-refractivity contribution in [3.8, 4) is 23.0 Å². The topological polar surface area (TPSA) is 100 Å². The molecule has 0 saturated heterocycles. The summed E-state index contributed by atoms with van der Waals surface area (Å²) in [5, 5.41) is 19.6. The van der Waals surface area contributed by atoms with E-state index in [0.717, 1.165) is 11.1 Å². The Bertz CT molecular complexity index is 883. The summed E-state index contributed by atoms with van der Waals surface area (Å²) in [4.78, 5) is 12.1. The van der Waals surface area contributed by atoms with Gasteiger partial charge in [-0.05, 0) is 29.8 Å². The van der Waals surface area contributed by atoms with Gasteiger partial charge in [0.2, 0.25) is 0 Å². The molecular formula is C16H13N3O4. The van der Waals surface area contributed by atoms with Crippen LogP contribution in [0.15, 0.2) is 41.0 Å². The summed E-state index contributed by atoms with van der Waals surface area (Å²) >= 11 is 0. The first-order valence-corrected chi connectivity index (χ1v) is 6.99. The predicted octanol–water partition coefficient (Wildman–Crippen LogP) is 2.22. The number of ether oxygens (including phenoxy) is 1. The van der Waals surface area contributed by atoms with Gasteiger partial charge in [0, 0.05) is 5.56 Å². The summed E-state index contributed by atoms with van der Waals surface area (Å²) in [6, 6.07) is 8.12. The molecule has 0 bridgehead atoms. The summed E-state index contributed by atoms with van der Waals surface area (Å²) in [5.41, 5.74) is 2.49. The van der Waals surface area contributed by atoms with E-state index >= 15 is 0 Å². The number of methoxy groups -OCH3 is 1. The number of carbonyl (C=O) groups excluding carboxylic acids is 1. The second-order valence-electron chi connectivity index (χ2n) is 5.18. The predicted molar refractivity (Wildman–Crippen MR) is 80.3 cm³/mol. The van der Waals surface area contributed by atoms with Crippen LogP contribution in [0.3, 0.4) is 0 Å². The number of amides is 1. The number of carbonyl (C=O) groups is 1. The van der Waals surface area contributed by atoms with Crippen LogP contribution < -0.4 is 10.1 Å². The van der Waals surface area contributed by atoms with Gasteiger partial charge in [-0.1, -0.05) is 6.07 Å². The molecular weight excluding hydrogens is 298 g/mol. The molecule has 1 aliphatic heterocycles. The molecule has 0 unspecified atom stereocenters. The maximum Gasteiger partial charge on any atom is 0.272 e. The van der Waals surface area contributed by atoms with E-state index in [0.29, 0.717) is 22.9 Å². The molecule has 1 amide bonds. The van der Waals surface area contributed by atoms with Crippen molar-refractivity contribution in [2.24, 2.45) is 0 Å². The third kappa shape index (κ3) is 1.97. The number of aromatic amines is 1. The van der Waals surface area contributed by atoms with E-state index in [4.69, 9.17) is 9.15 Å². The van der Waals surface area contributed by atoms with E-state index in [1.54, 1.807) is 30.5 Å². The Balaban J connectivity index is 1.85. The Morgan fingerprint density at radius 2 is 2.22 bits per heavy atom. The molecule has 3 heterocycles. The number of rotatable bonds is 3. The van der Waals surface area contributed by atoms with Gasteiger partial charge in [-0.25, -0.2) is 0 Å². The number of fused-ring (bicyclic) bond motifs is 1. The van der Waals surface area contributed by atoms with E-state index in [9.17, 15) is 9.90 Å². The van der Waals surface area contributed by atoms with Crippen LogP contribution in [0.2, 0.25) is 0 Å². The Kier molecular flexibility index (Phi) is 2.87. The molecule has 23 heavy (non-hydrogen) atoms. The number of hydrogen-bond acceptors (Lipinski definition) is 5. The van der Waals surface area contributed by atoms with Crippen molar-refractivity contribution in [3.63, 3.8) is 0 Å². The smallest absolute Gasteiger partial charge is 0.272 e. The van der Waals surface area contributed by atoms with Crippen LogP contribution in [0.4, 0.5) is 0 Å². The highest BCUT2D eigenvalue weighted by Crippen LogP contribution is 2.39. The van der Waals surface area contributed by atoms with Crippen molar-refractivity contribution in [3.05, 3.63) is 53.4 Å². The summed E-state index contributed by atoms with van der Waals surface area (Å²) in [5.74, 6) is 0.726. The Morgan fingerprint density at radius 1 is 1.35 bits per heavy atom. The molecule has 0 radical (unpaired) electrons. The van der Waals surface area contributed by atoms with Crippen LogP contribution in [-0.2, 0) is 0 Å². The molecule has 2 aromatic heterocycles. The number of furan rings is 1. The molecule has 0 saturated carbocycles. The van der Waals surface area contributed by atoms with E-state index < -0.39 is 6.04 Å². The number of aromatic nitrogens is 2. The minimum Gasteiger partial charge on any atom is -0.504 e. The molecule has 3 aromatic rings. The zero-order chi connectivity index (χ0) is 16.0. The highest BCUT2D eigenvalue weighted by molar-refractivity contribution is 5.99. The van der Waals surface area contributed by atoms with Gasteiger partial charge in [0.25, 0.3) is 5.91 Å². The molecule has 116 valence electrons. The van der Waals surface area contributed by atoms with Gasteiger partial charge in [0.05, 0.1) is 19.4 Å². The van der Waals surface area contributed by atoms with Gasteiger partial charge in [0.15, 0.2) is 23.0 Å². The molecule has 7 heteroatoms. The minimum atomic E-state index is -0.397. The van der Waals surface area contributed by atoms with Gasteiger partial charge >= 0.3 is 0 Å². The molecule has 0 fully saturated rings. The van der Waals surface area contributed by atoms with Crippen LogP contribution in [-0.4, -0.2) is 28.3 Å². The average Bonchev–Trinajstić information content (AvgIpc) is 3.26. The van der Waals surface area contributed by atoms with Crippen LogP contribution >= 0.6 is 0 Å². The van der Waals surface area contributed by atoms with Crippen molar-refractivity contribution >= 4 is 5.91 Å². The Labute approximate surface area is 130 Å². The quantitative estimate of drug-likeness (QED) is 0.688. The minimum absolute atomic E-state index is 0.0410. The second-order valence-corrected chi connectivity index (χ2v) is 5.18. The van der Waals surface area contributed by atoms with E-state index in [1.807, 2.05) is 0 Å². The number of aromatic hydroxyl groups is 1. The third-order valence-corrected chi connectivity index (χ3v) is 3.89. The molecule has 1 atom stereocenters. The number of benzene rings is 1. The Hall–Kier alpha value is -3.22. The normalized spacial score (nSPS) is 16.2. The van der Waals surface area contributed by atoms with Gasteiger partial charge in [-0.3, -0.25) is 9.89 Å². The highest BCUT2D eigenvalue weighted by atomic mass is 16.5. The highest BCUT2D eigenvalue weighted by Gasteiger charge is 2.36. The van der Waals surface area contributed by atoms with Crippen LogP contribution in [0.5, 0.6) is 11.5 Å². The Morgan fingerprint density at radius 3 is 2.96 bits per heavy atom. The summed E-state index contributed by atoms with van der Waals surface area (Å²) < 4.78 is 10.6. The van der Waals surface area contributed by atoms with Gasteiger partial charge in [-0.15, -0.1) is 0 Å². The first-order valence-electron chi connectivity index (χ1n) is 6.99. The molecule has 4 rings (SSSR count). The zero-order valence-corrected chi connectivity index (χ0v) is 12.2. The molecule has 1 aromatic carbocycles. The summed E-state index contributed by atoms with van der Waals surface area (Å²) in [7, 11) is 1.48. The summed E-state index contributed by atoms with van der Waals surface area (Å²) in [6.45, 7) is 0. The maximum atomic E-state index is 12.1. The average molecular weight is 311 g/mol. The fourth-order valence-electron chi connectivity index (χ4n) is 2.81. The number of nitrogens with one attached hydrogen (secondary N) is 2. The van der Waals surface area contributed by atoms with Crippen molar-refractivity contribution in [2.45, 2.75) is 6.04 Å². The molecule has 7 nitrogen and oxygen atoms in total. The molecule has 3 N–H and O–H groups in total.